The number of hydrogen-bond donors (Lipinski definition) is 2. The number of aryl methyl sites for hydroxylation is 1. The molecule has 110 valence electrons. The van der Waals surface area contributed by atoms with Crippen molar-refractivity contribution in [2.24, 2.45) is 5.73 Å². The maximum atomic E-state index is 12.4. The molecule has 0 amide bonds. The van der Waals surface area contributed by atoms with E-state index in [0.717, 1.165) is 5.56 Å². The Labute approximate surface area is 122 Å². The molecule has 0 spiro atoms. The molecule has 20 heavy (non-hydrogen) atoms. The molecular formula is C12H18N4O2S2. The second-order valence-corrected chi connectivity index (χ2v) is 6.95. The van der Waals surface area contributed by atoms with Crippen LogP contribution in [0.4, 0.5) is 0 Å². The highest BCUT2D eigenvalue weighted by Gasteiger charge is 2.24. The molecule has 0 aromatic carbocycles. The van der Waals surface area contributed by atoms with Crippen molar-refractivity contribution in [1.82, 2.24) is 14.5 Å². The van der Waals surface area contributed by atoms with Gasteiger partial charge >= 0.3 is 0 Å². The van der Waals surface area contributed by atoms with Gasteiger partial charge in [0.2, 0.25) is 10.0 Å². The average Bonchev–Trinajstić information content (AvgIpc) is 2.97. The van der Waals surface area contributed by atoms with Crippen molar-refractivity contribution < 1.29 is 8.42 Å². The zero-order valence-electron chi connectivity index (χ0n) is 11.5. The van der Waals surface area contributed by atoms with Gasteiger partial charge < -0.3 is 5.73 Å². The van der Waals surface area contributed by atoms with Gasteiger partial charge in [-0.25, -0.2) is 13.1 Å². The number of nitrogens with one attached hydrogen (secondary N) is 1. The lowest BCUT2D eigenvalue weighted by molar-refractivity contribution is 0.577. The summed E-state index contributed by atoms with van der Waals surface area (Å²) in [6, 6.07) is 1.89. The van der Waals surface area contributed by atoms with Gasteiger partial charge in [-0.2, -0.15) is 16.4 Å². The maximum absolute atomic E-state index is 12.4. The van der Waals surface area contributed by atoms with Crippen LogP contribution in [0.3, 0.4) is 0 Å². The number of aromatic nitrogens is 2. The van der Waals surface area contributed by atoms with Crippen molar-refractivity contribution in [3.63, 3.8) is 0 Å². The van der Waals surface area contributed by atoms with Gasteiger partial charge in [0.15, 0.2) is 0 Å². The van der Waals surface area contributed by atoms with E-state index in [0.29, 0.717) is 24.5 Å². The van der Waals surface area contributed by atoms with Crippen LogP contribution in [0, 0.1) is 13.8 Å². The van der Waals surface area contributed by atoms with Gasteiger partial charge in [0.25, 0.3) is 0 Å². The van der Waals surface area contributed by atoms with Crippen LogP contribution >= 0.6 is 11.3 Å². The topological polar surface area (TPSA) is 90.0 Å². The molecule has 0 saturated heterocycles. The standard InChI is InChI=1S/C12H18N4O2S2/c1-9-12(10(2)16(15-9)5-4-13)20(17,18)14-7-11-3-6-19-8-11/h3,6,8,14H,4-5,7,13H2,1-2H3. The monoisotopic (exact) mass is 314 g/mol. The van der Waals surface area contributed by atoms with E-state index in [1.807, 2.05) is 16.8 Å². The van der Waals surface area contributed by atoms with Gasteiger partial charge in [0.1, 0.15) is 4.90 Å². The first-order valence-corrected chi connectivity index (χ1v) is 8.63. The minimum atomic E-state index is -3.56. The van der Waals surface area contributed by atoms with Gasteiger partial charge in [-0.15, -0.1) is 0 Å². The smallest absolute Gasteiger partial charge is 0.244 e. The Bertz CT molecular complexity index is 675. The van der Waals surface area contributed by atoms with E-state index in [2.05, 4.69) is 9.82 Å². The van der Waals surface area contributed by atoms with Crippen molar-refractivity contribution >= 4 is 21.4 Å². The fourth-order valence-corrected chi connectivity index (χ4v) is 4.15. The first-order valence-electron chi connectivity index (χ1n) is 6.20. The molecule has 0 atom stereocenters. The Hall–Kier alpha value is -1.22. The molecule has 2 heterocycles. The summed E-state index contributed by atoms with van der Waals surface area (Å²) in [6.07, 6.45) is 0. The molecule has 0 saturated carbocycles. The molecule has 0 bridgehead atoms. The molecule has 2 aromatic heterocycles. The van der Waals surface area contributed by atoms with Crippen LogP contribution in [-0.4, -0.2) is 24.7 Å². The molecule has 3 N–H and O–H groups in total. The van der Waals surface area contributed by atoms with Crippen LogP contribution in [0.1, 0.15) is 17.0 Å². The fraction of sp³-hybridized carbons (Fsp3) is 0.417. The van der Waals surface area contributed by atoms with Crippen LogP contribution < -0.4 is 10.5 Å². The summed E-state index contributed by atoms with van der Waals surface area (Å²) in [7, 11) is -3.56. The quantitative estimate of drug-likeness (QED) is 0.832. The third-order valence-electron chi connectivity index (χ3n) is 2.97. The third kappa shape index (κ3) is 3.09. The summed E-state index contributed by atoms with van der Waals surface area (Å²) in [5, 5.41) is 8.06. The van der Waals surface area contributed by atoms with Crippen molar-refractivity contribution in [2.75, 3.05) is 6.54 Å². The molecule has 0 unspecified atom stereocenters. The molecule has 0 fully saturated rings. The second-order valence-electron chi connectivity index (χ2n) is 4.47. The van der Waals surface area contributed by atoms with E-state index in [4.69, 9.17) is 5.73 Å². The number of nitrogens with two attached hydrogens (primary N) is 1. The minimum absolute atomic E-state index is 0.251. The van der Waals surface area contributed by atoms with Crippen molar-refractivity contribution in [2.45, 2.75) is 31.8 Å². The number of hydrogen-bond acceptors (Lipinski definition) is 5. The van der Waals surface area contributed by atoms with Gasteiger partial charge in [-0.3, -0.25) is 4.68 Å². The summed E-state index contributed by atoms with van der Waals surface area (Å²) in [6.45, 7) is 4.65. The lowest BCUT2D eigenvalue weighted by Gasteiger charge is -2.07. The van der Waals surface area contributed by atoms with Crippen LogP contribution in [0.2, 0.25) is 0 Å². The summed E-state index contributed by atoms with van der Waals surface area (Å²) in [4.78, 5) is 0.251. The predicted molar refractivity (Wildman–Crippen MR) is 79.1 cm³/mol. The van der Waals surface area contributed by atoms with Gasteiger partial charge in [0, 0.05) is 13.1 Å². The summed E-state index contributed by atoms with van der Waals surface area (Å²) < 4.78 is 29.0. The molecular weight excluding hydrogens is 296 g/mol. The highest BCUT2D eigenvalue weighted by atomic mass is 32.2. The number of nitrogens with zero attached hydrogens (tertiary/aromatic N) is 2. The molecule has 0 aliphatic heterocycles. The normalized spacial score (nSPS) is 11.9. The van der Waals surface area contributed by atoms with E-state index >= 15 is 0 Å². The largest absolute Gasteiger partial charge is 0.329 e. The Morgan fingerprint density at radius 3 is 2.80 bits per heavy atom. The van der Waals surface area contributed by atoms with Crippen LogP contribution in [0.15, 0.2) is 21.7 Å². The third-order valence-corrected chi connectivity index (χ3v) is 5.36. The SMILES string of the molecule is Cc1nn(CCN)c(C)c1S(=O)(=O)NCc1ccsc1. The van der Waals surface area contributed by atoms with Gasteiger partial charge in [-0.1, -0.05) is 0 Å². The molecule has 8 heteroatoms. The van der Waals surface area contributed by atoms with Gasteiger partial charge in [-0.05, 0) is 36.2 Å². The molecule has 0 aliphatic rings. The molecule has 0 radical (unpaired) electrons. The Balaban J connectivity index is 2.25. The lowest BCUT2D eigenvalue weighted by atomic mass is 10.4. The number of sulfonamides is 1. The fourth-order valence-electron chi connectivity index (χ4n) is 2.05. The van der Waals surface area contributed by atoms with Crippen LogP contribution in [-0.2, 0) is 23.1 Å². The number of thiophene rings is 1. The Morgan fingerprint density at radius 2 is 2.20 bits per heavy atom. The van der Waals surface area contributed by atoms with Crippen molar-refractivity contribution in [3.05, 3.63) is 33.8 Å². The Kier molecular flexibility index (Phi) is 4.59. The highest BCUT2D eigenvalue weighted by Crippen LogP contribution is 2.19. The zero-order chi connectivity index (χ0) is 14.8. The van der Waals surface area contributed by atoms with Crippen LogP contribution in [0.5, 0.6) is 0 Å². The zero-order valence-corrected chi connectivity index (χ0v) is 13.1. The Morgan fingerprint density at radius 1 is 1.45 bits per heavy atom. The van der Waals surface area contributed by atoms with E-state index in [-0.39, 0.29) is 11.4 Å². The van der Waals surface area contributed by atoms with Crippen molar-refractivity contribution in [3.8, 4) is 0 Å². The van der Waals surface area contributed by atoms with E-state index in [1.165, 1.54) is 11.3 Å². The van der Waals surface area contributed by atoms with Gasteiger partial charge in [0.05, 0.1) is 17.9 Å². The first-order chi connectivity index (χ1) is 9.45. The van der Waals surface area contributed by atoms with E-state index < -0.39 is 10.0 Å². The second kappa shape index (κ2) is 6.04. The lowest BCUT2D eigenvalue weighted by Crippen LogP contribution is -2.24. The maximum Gasteiger partial charge on any atom is 0.244 e. The molecule has 0 aliphatic carbocycles. The van der Waals surface area contributed by atoms with Crippen LogP contribution in [0.25, 0.3) is 0 Å². The predicted octanol–water partition coefficient (Wildman–Crippen LogP) is 0.999. The van der Waals surface area contributed by atoms with E-state index in [1.54, 1.807) is 18.5 Å². The summed E-state index contributed by atoms with van der Waals surface area (Å²) in [5.41, 5.74) is 7.55. The summed E-state index contributed by atoms with van der Waals surface area (Å²) >= 11 is 1.54. The van der Waals surface area contributed by atoms with Crippen molar-refractivity contribution in [1.29, 1.82) is 0 Å². The van der Waals surface area contributed by atoms with E-state index in [9.17, 15) is 8.42 Å². The molecule has 2 aromatic rings. The molecule has 6 nitrogen and oxygen atoms in total. The minimum Gasteiger partial charge on any atom is -0.329 e. The molecule has 2 rings (SSSR count). The highest BCUT2D eigenvalue weighted by molar-refractivity contribution is 7.89. The summed E-state index contributed by atoms with van der Waals surface area (Å²) in [5.74, 6) is 0. The average molecular weight is 314 g/mol. The number of rotatable bonds is 6. The first kappa shape index (κ1) is 15.2.